The number of sulfone groups is 1. The average molecular weight is 274 g/mol. The van der Waals surface area contributed by atoms with Crippen LogP contribution in [0, 0.1) is 11.8 Å². The van der Waals surface area contributed by atoms with Gasteiger partial charge in [-0.15, -0.1) is 0 Å². The van der Waals surface area contributed by atoms with Crippen molar-refractivity contribution < 1.29 is 8.42 Å². The van der Waals surface area contributed by atoms with Gasteiger partial charge in [0.05, 0.1) is 11.5 Å². The highest BCUT2D eigenvalue weighted by Gasteiger charge is 2.30. The summed E-state index contributed by atoms with van der Waals surface area (Å²) < 4.78 is 22.8. The molecule has 0 bridgehead atoms. The SMILES string of the molecule is CCC1CCC(N)C(CN2CCS(=O)(=O)CC2)C1. The Morgan fingerprint density at radius 1 is 1.22 bits per heavy atom. The highest BCUT2D eigenvalue weighted by molar-refractivity contribution is 7.91. The number of hydrogen-bond acceptors (Lipinski definition) is 4. The zero-order valence-corrected chi connectivity index (χ0v) is 12.2. The second kappa shape index (κ2) is 5.88. The minimum atomic E-state index is -2.76. The number of nitrogens with two attached hydrogens (primary N) is 1. The quantitative estimate of drug-likeness (QED) is 0.829. The van der Waals surface area contributed by atoms with Crippen LogP contribution in [0.15, 0.2) is 0 Å². The summed E-state index contributed by atoms with van der Waals surface area (Å²) in [7, 11) is -2.76. The smallest absolute Gasteiger partial charge is 0.152 e. The predicted octanol–water partition coefficient (Wildman–Crippen LogP) is 0.870. The highest BCUT2D eigenvalue weighted by Crippen LogP contribution is 2.31. The van der Waals surface area contributed by atoms with Gasteiger partial charge in [0.15, 0.2) is 9.84 Å². The van der Waals surface area contributed by atoms with Crippen LogP contribution in [0.5, 0.6) is 0 Å². The Bertz CT molecular complexity index is 355. The first-order valence-electron chi connectivity index (χ1n) is 7.18. The minimum Gasteiger partial charge on any atom is -0.327 e. The summed E-state index contributed by atoms with van der Waals surface area (Å²) in [4.78, 5) is 2.30. The monoisotopic (exact) mass is 274 g/mol. The molecular formula is C13H26N2O2S. The molecule has 0 radical (unpaired) electrons. The summed E-state index contributed by atoms with van der Waals surface area (Å²) in [6, 6.07) is 0.311. The first-order chi connectivity index (χ1) is 8.50. The Kier molecular flexibility index (Phi) is 4.67. The summed E-state index contributed by atoms with van der Waals surface area (Å²) >= 11 is 0. The fourth-order valence-corrected chi connectivity index (χ4v) is 4.51. The molecule has 3 unspecified atom stereocenters. The fraction of sp³-hybridized carbons (Fsp3) is 1.00. The van der Waals surface area contributed by atoms with Crippen LogP contribution in [-0.4, -0.2) is 50.5 Å². The zero-order valence-electron chi connectivity index (χ0n) is 11.3. The number of rotatable bonds is 3. The van der Waals surface area contributed by atoms with Crippen LogP contribution in [0.1, 0.15) is 32.6 Å². The lowest BCUT2D eigenvalue weighted by molar-refractivity contribution is 0.160. The third kappa shape index (κ3) is 3.68. The van der Waals surface area contributed by atoms with Crippen molar-refractivity contribution in [2.45, 2.75) is 38.6 Å². The second-order valence-corrected chi connectivity index (χ2v) is 8.27. The van der Waals surface area contributed by atoms with E-state index in [1.54, 1.807) is 0 Å². The maximum Gasteiger partial charge on any atom is 0.152 e. The Morgan fingerprint density at radius 2 is 1.89 bits per heavy atom. The van der Waals surface area contributed by atoms with Gasteiger partial charge in [-0.3, -0.25) is 0 Å². The summed E-state index contributed by atoms with van der Waals surface area (Å²) in [5, 5.41) is 0. The maximum atomic E-state index is 11.4. The van der Waals surface area contributed by atoms with Crippen LogP contribution in [0.25, 0.3) is 0 Å². The van der Waals surface area contributed by atoms with Crippen molar-refractivity contribution in [3.8, 4) is 0 Å². The normalized spacial score (nSPS) is 37.6. The second-order valence-electron chi connectivity index (χ2n) is 5.96. The van der Waals surface area contributed by atoms with Crippen molar-refractivity contribution in [3.63, 3.8) is 0 Å². The molecule has 3 atom stereocenters. The van der Waals surface area contributed by atoms with E-state index < -0.39 is 9.84 Å². The van der Waals surface area contributed by atoms with Gasteiger partial charge in [-0.2, -0.15) is 0 Å². The molecule has 18 heavy (non-hydrogen) atoms. The van der Waals surface area contributed by atoms with Crippen LogP contribution in [0.2, 0.25) is 0 Å². The lowest BCUT2D eigenvalue weighted by Gasteiger charge is -2.38. The van der Waals surface area contributed by atoms with E-state index in [2.05, 4.69) is 11.8 Å². The zero-order chi connectivity index (χ0) is 13.2. The van der Waals surface area contributed by atoms with Gasteiger partial charge in [0.25, 0.3) is 0 Å². The van der Waals surface area contributed by atoms with E-state index in [-0.39, 0.29) is 0 Å². The van der Waals surface area contributed by atoms with E-state index in [0.29, 0.717) is 36.6 Å². The molecule has 1 heterocycles. The Balaban J connectivity index is 1.85. The molecule has 0 spiro atoms. The van der Waals surface area contributed by atoms with E-state index in [1.165, 1.54) is 19.3 Å². The molecule has 0 amide bonds. The predicted molar refractivity (Wildman–Crippen MR) is 74.2 cm³/mol. The van der Waals surface area contributed by atoms with Crippen molar-refractivity contribution in [2.24, 2.45) is 17.6 Å². The minimum absolute atomic E-state index is 0.311. The first kappa shape index (κ1) is 14.3. The molecule has 2 N–H and O–H groups in total. The van der Waals surface area contributed by atoms with E-state index in [4.69, 9.17) is 5.73 Å². The maximum absolute atomic E-state index is 11.4. The molecule has 1 aliphatic carbocycles. The average Bonchev–Trinajstić information content (AvgIpc) is 2.34. The summed E-state index contributed by atoms with van der Waals surface area (Å²) in [5.74, 6) is 2.03. The van der Waals surface area contributed by atoms with Gasteiger partial charge in [0.1, 0.15) is 0 Å². The van der Waals surface area contributed by atoms with Crippen LogP contribution in [0.4, 0.5) is 0 Å². The first-order valence-corrected chi connectivity index (χ1v) is 9.00. The lowest BCUT2D eigenvalue weighted by Crippen LogP contribution is -2.47. The van der Waals surface area contributed by atoms with E-state index in [0.717, 1.165) is 18.9 Å². The number of nitrogens with zero attached hydrogens (tertiary/aromatic N) is 1. The van der Waals surface area contributed by atoms with E-state index in [9.17, 15) is 8.42 Å². The molecule has 1 saturated carbocycles. The van der Waals surface area contributed by atoms with Crippen molar-refractivity contribution >= 4 is 9.84 Å². The third-order valence-electron chi connectivity index (χ3n) is 4.66. The Hall–Kier alpha value is -0.130. The van der Waals surface area contributed by atoms with Gasteiger partial charge >= 0.3 is 0 Å². The lowest BCUT2D eigenvalue weighted by atomic mass is 9.77. The van der Waals surface area contributed by atoms with Crippen LogP contribution >= 0.6 is 0 Å². The molecule has 0 aromatic heterocycles. The van der Waals surface area contributed by atoms with Gasteiger partial charge in [0.2, 0.25) is 0 Å². The van der Waals surface area contributed by atoms with Crippen molar-refractivity contribution in [1.29, 1.82) is 0 Å². The summed E-state index contributed by atoms with van der Waals surface area (Å²) in [6.07, 6.45) is 4.87. The fourth-order valence-electron chi connectivity index (χ4n) is 3.23. The molecule has 2 rings (SSSR count). The standard InChI is InChI=1S/C13H26N2O2S/c1-2-11-3-4-13(14)12(9-11)10-15-5-7-18(16,17)8-6-15/h11-13H,2-10,14H2,1H3. The molecule has 1 aliphatic heterocycles. The van der Waals surface area contributed by atoms with E-state index >= 15 is 0 Å². The molecule has 4 nitrogen and oxygen atoms in total. The van der Waals surface area contributed by atoms with Crippen molar-refractivity contribution in [3.05, 3.63) is 0 Å². The molecule has 2 aliphatic rings. The molecule has 0 aromatic rings. The molecule has 1 saturated heterocycles. The van der Waals surface area contributed by atoms with E-state index in [1.807, 2.05) is 0 Å². The van der Waals surface area contributed by atoms with Crippen molar-refractivity contribution in [1.82, 2.24) is 4.90 Å². The Labute approximate surface area is 111 Å². The van der Waals surface area contributed by atoms with Crippen LogP contribution in [0.3, 0.4) is 0 Å². The van der Waals surface area contributed by atoms with Crippen LogP contribution < -0.4 is 5.73 Å². The molecular weight excluding hydrogens is 248 g/mol. The van der Waals surface area contributed by atoms with Gasteiger partial charge in [0, 0.05) is 25.7 Å². The molecule has 5 heteroatoms. The van der Waals surface area contributed by atoms with Crippen molar-refractivity contribution in [2.75, 3.05) is 31.1 Å². The third-order valence-corrected chi connectivity index (χ3v) is 6.27. The molecule has 0 aromatic carbocycles. The van der Waals surface area contributed by atoms with Gasteiger partial charge in [-0.25, -0.2) is 8.42 Å². The highest BCUT2D eigenvalue weighted by atomic mass is 32.2. The largest absolute Gasteiger partial charge is 0.327 e. The Morgan fingerprint density at radius 3 is 2.50 bits per heavy atom. The van der Waals surface area contributed by atoms with Gasteiger partial charge < -0.3 is 10.6 Å². The summed E-state index contributed by atoms with van der Waals surface area (Å²) in [5.41, 5.74) is 6.22. The van der Waals surface area contributed by atoms with Gasteiger partial charge in [-0.05, 0) is 31.1 Å². The molecule has 2 fully saturated rings. The van der Waals surface area contributed by atoms with Crippen LogP contribution in [-0.2, 0) is 9.84 Å². The summed E-state index contributed by atoms with van der Waals surface area (Å²) in [6.45, 7) is 4.64. The number of hydrogen-bond donors (Lipinski definition) is 1. The molecule has 106 valence electrons. The topological polar surface area (TPSA) is 63.4 Å². The van der Waals surface area contributed by atoms with Gasteiger partial charge in [-0.1, -0.05) is 13.3 Å².